The van der Waals surface area contributed by atoms with Crippen molar-refractivity contribution in [1.29, 1.82) is 0 Å². The number of hydrogen-bond acceptors (Lipinski definition) is 6. The largest absolute Gasteiger partial charge is 0.270 e. The third kappa shape index (κ3) is 14.2. The van der Waals surface area contributed by atoms with Crippen molar-refractivity contribution >= 4 is 20.2 Å². The van der Waals surface area contributed by atoms with Gasteiger partial charge >= 0.3 is 0 Å². The van der Waals surface area contributed by atoms with Crippen molar-refractivity contribution in [3.8, 4) is 0 Å². The molecule has 122 valence electrons. The van der Waals surface area contributed by atoms with Gasteiger partial charge in [0.25, 0.3) is 20.2 Å². The minimum absolute atomic E-state index is 0.0108. The Labute approximate surface area is 123 Å². The molecule has 8 heteroatoms. The second-order valence-electron chi connectivity index (χ2n) is 5.02. The van der Waals surface area contributed by atoms with E-state index in [9.17, 15) is 16.8 Å². The van der Waals surface area contributed by atoms with E-state index in [1.54, 1.807) is 0 Å². The lowest BCUT2D eigenvalue weighted by atomic mass is 9.99. The molecule has 0 radical (unpaired) electrons. The molecule has 0 fully saturated rings. The van der Waals surface area contributed by atoms with Crippen molar-refractivity contribution in [2.24, 2.45) is 5.92 Å². The van der Waals surface area contributed by atoms with E-state index in [4.69, 9.17) is 4.18 Å². The van der Waals surface area contributed by atoms with E-state index in [0.717, 1.165) is 44.6 Å². The summed E-state index contributed by atoms with van der Waals surface area (Å²) in [4.78, 5) is 0. The fourth-order valence-electron chi connectivity index (χ4n) is 1.76. The molecule has 0 saturated heterocycles. The van der Waals surface area contributed by atoms with Gasteiger partial charge in [-0.2, -0.15) is 16.8 Å². The third-order valence-corrected chi connectivity index (χ3v) is 3.97. The molecule has 0 rings (SSSR count). The Balaban J connectivity index is 4.16. The van der Waals surface area contributed by atoms with Crippen LogP contribution in [0.4, 0.5) is 0 Å². The summed E-state index contributed by atoms with van der Waals surface area (Å²) in [6.07, 6.45) is 7.60. The van der Waals surface area contributed by atoms with E-state index < -0.39 is 20.2 Å². The Morgan fingerprint density at radius 1 is 0.850 bits per heavy atom. The molecule has 20 heavy (non-hydrogen) atoms. The first-order valence-electron chi connectivity index (χ1n) is 6.83. The van der Waals surface area contributed by atoms with Gasteiger partial charge in [-0.05, 0) is 18.8 Å². The molecule has 1 atom stereocenters. The zero-order chi connectivity index (χ0) is 15.6. The van der Waals surface area contributed by atoms with Crippen molar-refractivity contribution in [3.63, 3.8) is 0 Å². The van der Waals surface area contributed by atoms with Crippen LogP contribution in [0.5, 0.6) is 0 Å². The van der Waals surface area contributed by atoms with Gasteiger partial charge in [-0.15, -0.1) is 0 Å². The zero-order valence-corrected chi connectivity index (χ0v) is 14.1. The molecule has 0 aromatic carbocycles. The molecular weight excluding hydrogens is 304 g/mol. The van der Waals surface area contributed by atoms with Gasteiger partial charge < -0.3 is 0 Å². The zero-order valence-electron chi connectivity index (χ0n) is 12.5. The number of rotatable bonds is 12. The first-order valence-corrected chi connectivity index (χ1v) is 10.5. The molecule has 0 bridgehead atoms. The average molecular weight is 330 g/mol. The molecule has 6 nitrogen and oxygen atoms in total. The summed E-state index contributed by atoms with van der Waals surface area (Å²) in [5.74, 6) is -0.0108. The SMILES string of the molecule is CCCCCCC(CCOS(C)(=O)=O)COS(C)(=O)=O. The minimum atomic E-state index is -3.47. The van der Waals surface area contributed by atoms with E-state index in [1.807, 2.05) is 0 Å². The van der Waals surface area contributed by atoms with Crippen LogP contribution in [0.25, 0.3) is 0 Å². The maximum Gasteiger partial charge on any atom is 0.264 e. The van der Waals surface area contributed by atoms with Crippen molar-refractivity contribution in [2.75, 3.05) is 25.7 Å². The van der Waals surface area contributed by atoms with Gasteiger partial charge in [-0.3, -0.25) is 8.37 Å². The van der Waals surface area contributed by atoms with E-state index >= 15 is 0 Å². The predicted molar refractivity (Wildman–Crippen MR) is 78.5 cm³/mol. The van der Waals surface area contributed by atoms with Crippen molar-refractivity contribution in [2.45, 2.75) is 45.4 Å². The van der Waals surface area contributed by atoms with Gasteiger partial charge in [0.1, 0.15) is 0 Å². The van der Waals surface area contributed by atoms with Crippen LogP contribution >= 0.6 is 0 Å². The van der Waals surface area contributed by atoms with Gasteiger partial charge in [0.15, 0.2) is 0 Å². The highest BCUT2D eigenvalue weighted by Gasteiger charge is 2.14. The normalized spacial score (nSPS) is 14.3. The lowest BCUT2D eigenvalue weighted by molar-refractivity contribution is 0.204. The quantitative estimate of drug-likeness (QED) is 0.401. The molecule has 0 aliphatic carbocycles. The topological polar surface area (TPSA) is 86.7 Å². The Morgan fingerprint density at radius 3 is 1.95 bits per heavy atom. The van der Waals surface area contributed by atoms with Crippen LogP contribution < -0.4 is 0 Å². The van der Waals surface area contributed by atoms with Crippen LogP contribution in [0.2, 0.25) is 0 Å². The molecule has 0 aromatic heterocycles. The summed E-state index contributed by atoms with van der Waals surface area (Å²) in [6.45, 7) is 2.26. The highest BCUT2D eigenvalue weighted by Crippen LogP contribution is 2.16. The van der Waals surface area contributed by atoms with E-state index in [2.05, 4.69) is 11.1 Å². The minimum Gasteiger partial charge on any atom is -0.270 e. The van der Waals surface area contributed by atoms with E-state index in [0.29, 0.717) is 6.42 Å². The molecular formula is C12H26O6S2. The Bertz CT molecular complexity index is 441. The van der Waals surface area contributed by atoms with Crippen LogP contribution in [0.3, 0.4) is 0 Å². The fraction of sp³-hybridized carbons (Fsp3) is 1.00. The first-order chi connectivity index (χ1) is 9.14. The second kappa shape index (κ2) is 9.70. The maximum atomic E-state index is 11.0. The van der Waals surface area contributed by atoms with Crippen LogP contribution in [-0.4, -0.2) is 42.6 Å². The Morgan fingerprint density at radius 2 is 1.45 bits per heavy atom. The number of hydrogen-bond donors (Lipinski definition) is 0. The lowest BCUT2D eigenvalue weighted by Gasteiger charge is -2.16. The summed E-state index contributed by atoms with van der Waals surface area (Å²) < 4.78 is 53.2. The summed E-state index contributed by atoms with van der Waals surface area (Å²) in [7, 11) is -6.92. The van der Waals surface area contributed by atoms with Crippen LogP contribution in [0.15, 0.2) is 0 Å². The molecule has 0 amide bonds. The second-order valence-corrected chi connectivity index (χ2v) is 8.31. The molecule has 1 unspecified atom stereocenters. The van der Waals surface area contributed by atoms with Crippen LogP contribution in [0.1, 0.15) is 45.4 Å². The molecule has 0 aliphatic heterocycles. The van der Waals surface area contributed by atoms with Gasteiger partial charge in [-0.1, -0.05) is 32.6 Å². The lowest BCUT2D eigenvalue weighted by Crippen LogP contribution is -2.17. The highest BCUT2D eigenvalue weighted by atomic mass is 32.2. The molecule has 0 aliphatic rings. The van der Waals surface area contributed by atoms with Gasteiger partial charge in [0.2, 0.25) is 0 Å². The third-order valence-electron chi connectivity index (χ3n) is 2.81. The van der Waals surface area contributed by atoms with E-state index in [1.165, 1.54) is 0 Å². The smallest absolute Gasteiger partial charge is 0.264 e. The molecule has 0 aromatic rings. The molecule has 0 heterocycles. The van der Waals surface area contributed by atoms with Gasteiger partial charge in [0, 0.05) is 0 Å². The van der Waals surface area contributed by atoms with Gasteiger partial charge in [-0.25, -0.2) is 0 Å². The summed E-state index contributed by atoms with van der Waals surface area (Å²) in [5, 5.41) is 0. The maximum absolute atomic E-state index is 11.0. The predicted octanol–water partition coefficient (Wildman–Crippen LogP) is 1.92. The van der Waals surface area contributed by atoms with Crippen LogP contribution in [0, 0.1) is 5.92 Å². The molecule has 0 saturated carbocycles. The summed E-state index contributed by atoms with van der Waals surface area (Å²) in [6, 6.07) is 0. The van der Waals surface area contributed by atoms with Gasteiger partial charge in [0.05, 0.1) is 25.7 Å². The monoisotopic (exact) mass is 330 g/mol. The Kier molecular flexibility index (Phi) is 9.61. The summed E-state index contributed by atoms with van der Waals surface area (Å²) >= 11 is 0. The average Bonchev–Trinajstić information content (AvgIpc) is 2.28. The first kappa shape index (κ1) is 19.8. The fourth-order valence-corrected chi connectivity index (χ4v) is 2.60. The molecule has 0 N–H and O–H groups in total. The Hall–Kier alpha value is -0.180. The summed E-state index contributed by atoms with van der Waals surface area (Å²) in [5.41, 5.74) is 0. The highest BCUT2D eigenvalue weighted by molar-refractivity contribution is 7.86. The van der Waals surface area contributed by atoms with Crippen LogP contribution in [-0.2, 0) is 28.6 Å². The standard InChI is InChI=1S/C12H26O6S2/c1-4-5-6-7-8-12(11-18-20(3,15)16)9-10-17-19(2,13)14/h12H,4-11H2,1-3H3. The van der Waals surface area contributed by atoms with Crippen molar-refractivity contribution in [1.82, 2.24) is 0 Å². The number of unbranched alkanes of at least 4 members (excludes halogenated alkanes) is 3. The van der Waals surface area contributed by atoms with Crippen molar-refractivity contribution in [3.05, 3.63) is 0 Å². The van der Waals surface area contributed by atoms with Crippen molar-refractivity contribution < 1.29 is 25.2 Å². The van der Waals surface area contributed by atoms with E-state index in [-0.39, 0.29) is 19.1 Å². The molecule has 0 spiro atoms.